The number of aliphatic carboxylic acids is 1. The van der Waals surface area contributed by atoms with E-state index in [0.717, 1.165) is 32.1 Å². The second kappa shape index (κ2) is 16.0. The van der Waals surface area contributed by atoms with E-state index in [9.17, 15) is 4.79 Å². The van der Waals surface area contributed by atoms with Gasteiger partial charge < -0.3 is 10.2 Å². The Hall–Kier alpha value is -1.87. The van der Waals surface area contributed by atoms with Gasteiger partial charge in [-0.15, -0.1) is 0 Å². The highest BCUT2D eigenvalue weighted by atomic mass is 16.4. The lowest BCUT2D eigenvalue weighted by molar-refractivity contribution is -0.140. The Morgan fingerprint density at radius 1 is 1.10 bits per heavy atom. The summed E-state index contributed by atoms with van der Waals surface area (Å²) < 4.78 is 0. The van der Waals surface area contributed by atoms with Crippen molar-refractivity contribution in [2.45, 2.75) is 84.5 Å². The van der Waals surface area contributed by atoms with Crippen molar-refractivity contribution in [1.29, 1.82) is 0 Å². The molecule has 2 N–H and O–H groups in total. The minimum absolute atomic E-state index is 0.233. The fraction of sp³-hybridized carbons (Fsp3) is 0.577. The summed E-state index contributed by atoms with van der Waals surface area (Å²) in [5.74, 6) is -1.02. The Labute approximate surface area is 177 Å². The molecule has 29 heavy (non-hydrogen) atoms. The summed E-state index contributed by atoms with van der Waals surface area (Å²) >= 11 is 0. The molecule has 3 nitrogen and oxygen atoms in total. The van der Waals surface area contributed by atoms with E-state index in [-0.39, 0.29) is 12.5 Å². The Kier molecular flexibility index (Phi) is 13.9. The molecular weight excluding hydrogens is 360 g/mol. The topological polar surface area (TPSA) is 57.5 Å². The monoisotopic (exact) mass is 400 g/mol. The predicted molar refractivity (Wildman–Crippen MR) is 123 cm³/mol. The van der Waals surface area contributed by atoms with Crippen molar-refractivity contribution in [3.63, 3.8) is 0 Å². The smallest absolute Gasteiger partial charge is 0.306 e. The van der Waals surface area contributed by atoms with E-state index in [1.165, 1.54) is 48.8 Å². The van der Waals surface area contributed by atoms with Crippen molar-refractivity contribution in [1.82, 2.24) is 0 Å². The van der Waals surface area contributed by atoms with E-state index in [1.807, 2.05) is 6.08 Å². The maximum absolute atomic E-state index is 10.8. The Bertz CT molecular complexity index is 620. The van der Waals surface area contributed by atoms with Gasteiger partial charge in [0.25, 0.3) is 0 Å². The van der Waals surface area contributed by atoms with Crippen LogP contribution < -0.4 is 0 Å². The number of carboxylic acids is 1. The first-order valence-corrected chi connectivity index (χ1v) is 11.2. The number of hydrogen-bond acceptors (Lipinski definition) is 2. The van der Waals surface area contributed by atoms with Gasteiger partial charge in [-0.05, 0) is 70.3 Å². The van der Waals surface area contributed by atoms with Gasteiger partial charge in [0, 0.05) is 6.61 Å². The van der Waals surface area contributed by atoms with Crippen molar-refractivity contribution >= 4 is 5.97 Å². The molecule has 1 aliphatic rings. The molecule has 162 valence electrons. The largest absolute Gasteiger partial charge is 0.481 e. The highest BCUT2D eigenvalue weighted by molar-refractivity contribution is 5.69. The predicted octanol–water partition coefficient (Wildman–Crippen LogP) is 6.92. The van der Waals surface area contributed by atoms with Gasteiger partial charge >= 0.3 is 5.97 Å². The fourth-order valence-electron chi connectivity index (χ4n) is 3.44. The molecule has 0 aromatic rings. The minimum atomic E-state index is -0.724. The summed E-state index contributed by atoms with van der Waals surface area (Å²) in [5, 5.41) is 17.9. The highest BCUT2D eigenvalue weighted by Gasteiger charge is 2.07. The molecule has 0 saturated heterocycles. The second-order valence-corrected chi connectivity index (χ2v) is 7.99. The molecule has 1 unspecified atom stereocenters. The van der Waals surface area contributed by atoms with Gasteiger partial charge in [-0.25, -0.2) is 0 Å². The normalized spacial score (nSPS) is 15.9. The van der Waals surface area contributed by atoms with Crippen molar-refractivity contribution in [3.05, 3.63) is 59.3 Å². The number of aliphatic hydroxyl groups is 1. The third-order valence-electron chi connectivity index (χ3n) is 5.51. The van der Waals surface area contributed by atoms with Crippen LogP contribution in [-0.4, -0.2) is 22.8 Å². The van der Waals surface area contributed by atoms with Gasteiger partial charge in [0.1, 0.15) is 0 Å². The van der Waals surface area contributed by atoms with E-state index < -0.39 is 5.97 Å². The van der Waals surface area contributed by atoms with E-state index >= 15 is 0 Å². The van der Waals surface area contributed by atoms with Gasteiger partial charge in [0.15, 0.2) is 0 Å². The summed E-state index contributed by atoms with van der Waals surface area (Å²) in [6, 6.07) is 0. The first-order chi connectivity index (χ1) is 14.1. The number of carboxylic acid groups (broad SMARTS) is 1. The van der Waals surface area contributed by atoms with Crippen LogP contribution in [0.3, 0.4) is 0 Å². The summed E-state index contributed by atoms with van der Waals surface area (Å²) in [6.07, 6.45) is 27.0. The average Bonchev–Trinajstić information content (AvgIpc) is 2.94. The molecule has 1 rings (SSSR count). The van der Waals surface area contributed by atoms with E-state index in [2.05, 4.69) is 43.4 Å². The lowest BCUT2D eigenvalue weighted by Gasteiger charge is -2.06. The van der Waals surface area contributed by atoms with Gasteiger partial charge in [0.05, 0.1) is 5.92 Å². The van der Waals surface area contributed by atoms with Crippen LogP contribution >= 0.6 is 0 Å². The minimum Gasteiger partial charge on any atom is -0.481 e. The number of allylic oxidation sites excluding steroid dienone is 9. The first kappa shape index (κ1) is 25.2. The standard InChI is InChI=1S/C26H40O3/c1-3-23(14-10-6-7-12-22(2)26(28)29)13-8-4-5-9-15-24-16-11-17-25(19-18-24)20-21-27/h3,6-7,11,16,18-19,22,27H,4-5,8-10,12-15,17,20-21H2,1-2H3,(H,28,29)/b7-6?,23-3-. The maximum atomic E-state index is 10.8. The van der Waals surface area contributed by atoms with Crippen LogP contribution in [0.5, 0.6) is 0 Å². The van der Waals surface area contributed by atoms with E-state index in [4.69, 9.17) is 10.2 Å². The Balaban J connectivity index is 2.14. The van der Waals surface area contributed by atoms with Crippen molar-refractivity contribution in [2.24, 2.45) is 5.92 Å². The highest BCUT2D eigenvalue weighted by Crippen LogP contribution is 2.20. The second-order valence-electron chi connectivity index (χ2n) is 7.99. The number of carbonyl (C=O) groups is 1. The van der Waals surface area contributed by atoms with Crippen molar-refractivity contribution in [2.75, 3.05) is 6.61 Å². The molecule has 3 heteroatoms. The van der Waals surface area contributed by atoms with Crippen molar-refractivity contribution < 1.29 is 15.0 Å². The molecule has 0 aromatic heterocycles. The van der Waals surface area contributed by atoms with Gasteiger partial charge in [0.2, 0.25) is 0 Å². The van der Waals surface area contributed by atoms with Crippen LogP contribution in [-0.2, 0) is 4.79 Å². The molecule has 0 amide bonds. The molecule has 1 aliphatic carbocycles. The Morgan fingerprint density at radius 3 is 2.62 bits per heavy atom. The summed E-state index contributed by atoms with van der Waals surface area (Å²) in [5.41, 5.74) is 4.22. The number of hydrogen-bond donors (Lipinski definition) is 2. The fourth-order valence-corrected chi connectivity index (χ4v) is 3.44. The average molecular weight is 401 g/mol. The maximum Gasteiger partial charge on any atom is 0.306 e. The molecule has 1 atom stereocenters. The van der Waals surface area contributed by atoms with Crippen LogP contribution in [0, 0.1) is 5.92 Å². The van der Waals surface area contributed by atoms with Crippen LogP contribution in [0.2, 0.25) is 0 Å². The van der Waals surface area contributed by atoms with E-state index in [0.29, 0.717) is 6.42 Å². The molecule has 0 heterocycles. The van der Waals surface area contributed by atoms with Crippen molar-refractivity contribution in [3.8, 4) is 0 Å². The molecule has 0 saturated carbocycles. The summed E-state index contributed by atoms with van der Waals surface area (Å²) in [7, 11) is 0. The zero-order chi connectivity index (χ0) is 21.3. The summed E-state index contributed by atoms with van der Waals surface area (Å²) in [6.45, 7) is 4.10. The molecule has 0 bridgehead atoms. The number of aliphatic hydroxyl groups excluding tert-OH is 1. The molecule has 0 aliphatic heterocycles. The van der Waals surface area contributed by atoms with Crippen LogP contribution in [0.1, 0.15) is 84.5 Å². The van der Waals surface area contributed by atoms with Gasteiger partial charge in [-0.1, -0.05) is 73.4 Å². The SMILES string of the molecule is C/C=C(\CCC=CCC(C)C(=O)O)CCCCCCC1=CC=C(CCO)CC=C1. The number of unbranched alkanes of at least 4 members (excludes halogenated alkanes) is 3. The van der Waals surface area contributed by atoms with Gasteiger partial charge in [-0.2, -0.15) is 0 Å². The van der Waals surface area contributed by atoms with Crippen LogP contribution in [0.25, 0.3) is 0 Å². The van der Waals surface area contributed by atoms with E-state index in [1.54, 1.807) is 6.92 Å². The zero-order valence-electron chi connectivity index (χ0n) is 18.4. The molecular formula is C26H40O3. The van der Waals surface area contributed by atoms with Crippen LogP contribution in [0.15, 0.2) is 59.3 Å². The quantitative estimate of drug-likeness (QED) is 0.232. The first-order valence-electron chi connectivity index (χ1n) is 11.2. The molecule has 0 fully saturated rings. The zero-order valence-corrected chi connectivity index (χ0v) is 18.4. The summed E-state index contributed by atoms with van der Waals surface area (Å²) in [4.78, 5) is 10.8. The van der Waals surface area contributed by atoms with Crippen LogP contribution in [0.4, 0.5) is 0 Å². The molecule has 0 radical (unpaired) electrons. The molecule has 0 aromatic carbocycles. The van der Waals surface area contributed by atoms with Gasteiger partial charge in [-0.3, -0.25) is 4.79 Å². The number of rotatable bonds is 15. The Morgan fingerprint density at radius 2 is 1.90 bits per heavy atom. The molecule has 0 spiro atoms. The lowest BCUT2D eigenvalue weighted by Crippen LogP contribution is -2.07. The third kappa shape index (κ3) is 12.3. The third-order valence-corrected chi connectivity index (χ3v) is 5.51. The lowest BCUT2D eigenvalue weighted by atomic mass is 10.00.